The maximum Gasteiger partial charge on any atom is 0.307 e. The van der Waals surface area contributed by atoms with Crippen LogP contribution in [0.25, 0.3) is 0 Å². The van der Waals surface area contributed by atoms with Crippen molar-refractivity contribution in [1.29, 1.82) is 0 Å². The van der Waals surface area contributed by atoms with Gasteiger partial charge in [-0.3, -0.25) is 9.78 Å². The number of carbonyl (C=O) groups excluding carboxylic acids is 1. The molecule has 0 bridgehead atoms. The summed E-state index contributed by atoms with van der Waals surface area (Å²) in [6.07, 6.45) is 4.36. The van der Waals surface area contributed by atoms with Crippen molar-refractivity contribution in [2.24, 2.45) is 5.73 Å². The van der Waals surface area contributed by atoms with Gasteiger partial charge in [0, 0.05) is 18.4 Å². The zero-order valence-corrected chi connectivity index (χ0v) is 8.85. The van der Waals surface area contributed by atoms with E-state index in [0.29, 0.717) is 6.61 Å². The van der Waals surface area contributed by atoms with Crippen LogP contribution in [-0.2, 0) is 9.53 Å². The summed E-state index contributed by atoms with van der Waals surface area (Å²) < 4.78 is 4.95. The van der Waals surface area contributed by atoms with Crippen LogP contribution < -0.4 is 5.73 Å². The van der Waals surface area contributed by atoms with Crippen molar-refractivity contribution in [1.82, 2.24) is 4.98 Å². The standard InChI is InChI=1S/C11H16N2O2/c1-2-7-15-11(14)8-10(12)9-3-5-13-6-4-9/h3-6,10H,2,7-8,12H2,1H3. The van der Waals surface area contributed by atoms with Gasteiger partial charge in [-0.2, -0.15) is 0 Å². The molecule has 4 heteroatoms. The summed E-state index contributed by atoms with van der Waals surface area (Å²) in [4.78, 5) is 15.2. The number of nitrogens with zero attached hydrogens (tertiary/aromatic N) is 1. The molecule has 1 heterocycles. The minimum Gasteiger partial charge on any atom is -0.466 e. The smallest absolute Gasteiger partial charge is 0.307 e. The van der Waals surface area contributed by atoms with Gasteiger partial charge >= 0.3 is 5.97 Å². The molecule has 4 nitrogen and oxygen atoms in total. The topological polar surface area (TPSA) is 65.2 Å². The van der Waals surface area contributed by atoms with Gasteiger partial charge in [0.1, 0.15) is 0 Å². The molecule has 0 saturated carbocycles. The molecule has 15 heavy (non-hydrogen) atoms. The van der Waals surface area contributed by atoms with E-state index < -0.39 is 0 Å². The second kappa shape index (κ2) is 6.14. The number of nitrogens with two attached hydrogens (primary N) is 1. The highest BCUT2D eigenvalue weighted by atomic mass is 16.5. The van der Waals surface area contributed by atoms with Crippen LogP contribution in [-0.4, -0.2) is 17.6 Å². The average Bonchev–Trinajstić information content (AvgIpc) is 2.27. The van der Waals surface area contributed by atoms with E-state index in [4.69, 9.17) is 10.5 Å². The van der Waals surface area contributed by atoms with Crippen molar-refractivity contribution in [3.8, 4) is 0 Å². The highest BCUT2D eigenvalue weighted by molar-refractivity contribution is 5.70. The quantitative estimate of drug-likeness (QED) is 0.743. The molecule has 2 N–H and O–H groups in total. The fourth-order valence-electron chi connectivity index (χ4n) is 1.18. The molecule has 1 aromatic rings. The lowest BCUT2D eigenvalue weighted by Gasteiger charge is -2.10. The Morgan fingerprint density at radius 3 is 2.80 bits per heavy atom. The lowest BCUT2D eigenvalue weighted by atomic mass is 10.1. The van der Waals surface area contributed by atoms with Gasteiger partial charge in [-0.05, 0) is 24.1 Å². The van der Waals surface area contributed by atoms with Crippen LogP contribution in [0.3, 0.4) is 0 Å². The Bertz CT molecular complexity index is 301. The van der Waals surface area contributed by atoms with E-state index in [9.17, 15) is 4.79 Å². The van der Waals surface area contributed by atoms with E-state index in [2.05, 4.69) is 4.98 Å². The molecule has 0 aliphatic rings. The molecule has 0 aliphatic heterocycles. The largest absolute Gasteiger partial charge is 0.466 e. The summed E-state index contributed by atoms with van der Waals surface area (Å²) in [6.45, 7) is 2.41. The summed E-state index contributed by atoms with van der Waals surface area (Å²) in [5.74, 6) is -0.249. The summed E-state index contributed by atoms with van der Waals surface area (Å²) in [7, 11) is 0. The monoisotopic (exact) mass is 208 g/mol. The number of pyridine rings is 1. The van der Waals surface area contributed by atoms with Crippen LogP contribution in [0.2, 0.25) is 0 Å². The average molecular weight is 208 g/mol. The first kappa shape index (κ1) is 11.7. The highest BCUT2D eigenvalue weighted by Crippen LogP contribution is 2.12. The molecule has 82 valence electrons. The first-order valence-electron chi connectivity index (χ1n) is 5.05. The summed E-state index contributed by atoms with van der Waals surface area (Å²) in [6, 6.07) is 3.30. The van der Waals surface area contributed by atoms with Crippen LogP contribution in [0.4, 0.5) is 0 Å². The molecule has 1 unspecified atom stereocenters. The highest BCUT2D eigenvalue weighted by Gasteiger charge is 2.11. The molecule has 0 radical (unpaired) electrons. The van der Waals surface area contributed by atoms with Gasteiger partial charge in [-0.15, -0.1) is 0 Å². The van der Waals surface area contributed by atoms with Crippen LogP contribution in [0, 0.1) is 0 Å². The van der Waals surface area contributed by atoms with E-state index in [0.717, 1.165) is 12.0 Å². The van der Waals surface area contributed by atoms with Crippen molar-refractivity contribution < 1.29 is 9.53 Å². The number of aromatic nitrogens is 1. The fraction of sp³-hybridized carbons (Fsp3) is 0.455. The van der Waals surface area contributed by atoms with Crippen molar-refractivity contribution in [2.75, 3.05) is 6.61 Å². The zero-order chi connectivity index (χ0) is 11.1. The number of hydrogen-bond donors (Lipinski definition) is 1. The zero-order valence-electron chi connectivity index (χ0n) is 8.85. The Morgan fingerprint density at radius 1 is 1.53 bits per heavy atom. The van der Waals surface area contributed by atoms with Crippen LogP contribution in [0.5, 0.6) is 0 Å². The SMILES string of the molecule is CCCOC(=O)CC(N)c1ccncc1. The minimum absolute atomic E-state index is 0.212. The lowest BCUT2D eigenvalue weighted by molar-refractivity contribution is -0.144. The molecular formula is C11H16N2O2. The molecule has 0 fully saturated rings. The van der Waals surface area contributed by atoms with Gasteiger partial charge in [0.05, 0.1) is 13.0 Å². The Kier molecular flexibility index (Phi) is 4.77. The van der Waals surface area contributed by atoms with Crippen molar-refractivity contribution in [3.63, 3.8) is 0 Å². The van der Waals surface area contributed by atoms with Crippen molar-refractivity contribution in [2.45, 2.75) is 25.8 Å². The summed E-state index contributed by atoms with van der Waals surface area (Å²) in [5.41, 5.74) is 6.74. The van der Waals surface area contributed by atoms with Gasteiger partial charge < -0.3 is 10.5 Å². The number of hydrogen-bond acceptors (Lipinski definition) is 4. The molecule has 0 aliphatic carbocycles. The second-order valence-electron chi connectivity index (χ2n) is 3.31. The third-order valence-electron chi connectivity index (χ3n) is 1.99. The first-order chi connectivity index (χ1) is 7.24. The lowest BCUT2D eigenvalue weighted by Crippen LogP contribution is -2.17. The van der Waals surface area contributed by atoms with E-state index in [1.165, 1.54) is 0 Å². The Balaban J connectivity index is 2.42. The van der Waals surface area contributed by atoms with Gasteiger partial charge in [-0.25, -0.2) is 0 Å². The second-order valence-corrected chi connectivity index (χ2v) is 3.31. The maximum absolute atomic E-state index is 11.3. The molecule has 0 amide bonds. The van der Waals surface area contributed by atoms with Crippen LogP contribution in [0.1, 0.15) is 31.4 Å². The predicted molar refractivity (Wildman–Crippen MR) is 57.0 cm³/mol. The number of ether oxygens (including phenoxy) is 1. The van der Waals surface area contributed by atoms with Crippen LogP contribution in [0.15, 0.2) is 24.5 Å². The normalized spacial score (nSPS) is 12.1. The summed E-state index contributed by atoms with van der Waals surface area (Å²) in [5, 5.41) is 0. The number of esters is 1. The first-order valence-corrected chi connectivity index (χ1v) is 5.05. The van der Waals surface area contributed by atoms with E-state index in [1.54, 1.807) is 24.5 Å². The number of rotatable bonds is 5. The molecule has 1 rings (SSSR count). The molecule has 0 spiro atoms. The molecular weight excluding hydrogens is 192 g/mol. The van der Waals surface area contributed by atoms with Gasteiger partial charge in [0.2, 0.25) is 0 Å². The summed E-state index contributed by atoms with van der Waals surface area (Å²) >= 11 is 0. The van der Waals surface area contributed by atoms with Gasteiger partial charge in [0.15, 0.2) is 0 Å². The van der Waals surface area contributed by atoms with Gasteiger partial charge in [0.25, 0.3) is 0 Å². The van der Waals surface area contributed by atoms with Gasteiger partial charge in [-0.1, -0.05) is 6.92 Å². The molecule has 1 aromatic heterocycles. The Labute approximate surface area is 89.5 Å². The molecule has 0 aromatic carbocycles. The predicted octanol–water partition coefficient (Wildman–Crippen LogP) is 1.42. The Hall–Kier alpha value is -1.42. The van der Waals surface area contributed by atoms with E-state index in [1.807, 2.05) is 6.92 Å². The van der Waals surface area contributed by atoms with E-state index >= 15 is 0 Å². The minimum atomic E-state index is -0.308. The van der Waals surface area contributed by atoms with E-state index in [-0.39, 0.29) is 18.4 Å². The Morgan fingerprint density at radius 2 is 2.20 bits per heavy atom. The third-order valence-corrected chi connectivity index (χ3v) is 1.99. The van der Waals surface area contributed by atoms with Crippen molar-refractivity contribution >= 4 is 5.97 Å². The molecule has 1 atom stereocenters. The van der Waals surface area contributed by atoms with Crippen molar-refractivity contribution in [3.05, 3.63) is 30.1 Å². The fourth-order valence-corrected chi connectivity index (χ4v) is 1.18. The maximum atomic E-state index is 11.3. The van der Waals surface area contributed by atoms with Crippen LogP contribution >= 0.6 is 0 Å². The third kappa shape index (κ3) is 4.08. The number of carbonyl (C=O) groups is 1. The molecule has 0 saturated heterocycles.